The average molecular weight is 310 g/mol. The van der Waals surface area contributed by atoms with Crippen LogP contribution in [0.4, 0.5) is 5.82 Å². The molecular formula is C16H18N6O. The third-order valence-corrected chi connectivity index (χ3v) is 3.51. The number of benzene rings is 1. The quantitative estimate of drug-likeness (QED) is 0.593. The molecule has 118 valence electrons. The van der Waals surface area contributed by atoms with E-state index >= 15 is 0 Å². The van der Waals surface area contributed by atoms with Gasteiger partial charge in [-0.1, -0.05) is 12.1 Å². The molecule has 0 aliphatic rings. The van der Waals surface area contributed by atoms with Gasteiger partial charge >= 0.3 is 0 Å². The van der Waals surface area contributed by atoms with E-state index in [-0.39, 0.29) is 0 Å². The van der Waals surface area contributed by atoms with Gasteiger partial charge in [0, 0.05) is 24.2 Å². The summed E-state index contributed by atoms with van der Waals surface area (Å²) in [6.07, 6.45) is 1.76. The van der Waals surface area contributed by atoms with Crippen LogP contribution >= 0.6 is 0 Å². The van der Waals surface area contributed by atoms with Crippen LogP contribution in [0.25, 0.3) is 16.9 Å². The second kappa shape index (κ2) is 6.45. The topological polar surface area (TPSA) is 97.3 Å². The molecule has 0 saturated heterocycles. The molecule has 3 rings (SSSR count). The van der Waals surface area contributed by atoms with Gasteiger partial charge in [0.25, 0.3) is 0 Å². The molecule has 23 heavy (non-hydrogen) atoms. The lowest BCUT2D eigenvalue weighted by Crippen LogP contribution is -2.18. The maximum absolute atomic E-state index is 11.2. The summed E-state index contributed by atoms with van der Waals surface area (Å²) in [5.74, 6) is 0.338. The molecular weight excluding hydrogens is 292 g/mol. The first kappa shape index (κ1) is 15.0. The Balaban J connectivity index is 1.93. The first-order chi connectivity index (χ1) is 11.2. The SMILES string of the molecule is CNCCNc1ccc2ncc(-c3ccc(C(N)=O)cc3)n2n1. The third kappa shape index (κ3) is 3.14. The van der Waals surface area contributed by atoms with Gasteiger partial charge in [0.2, 0.25) is 5.91 Å². The van der Waals surface area contributed by atoms with Crippen LogP contribution in [0.5, 0.6) is 0 Å². The number of imidazole rings is 1. The number of anilines is 1. The van der Waals surface area contributed by atoms with Gasteiger partial charge < -0.3 is 16.4 Å². The highest BCUT2D eigenvalue weighted by atomic mass is 16.1. The van der Waals surface area contributed by atoms with E-state index in [0.717, 1.165) is 35.8 Å². The van der Waals surface area contributed by atoms with Crippen molar-refractivity contribution in [1.82, 2.24) is 19.9 Å². The number of likely N-dealkylation sites (N-methyl/N-ethyl adjacent to an activating group) is 1. The van der Waals surface area contributed by atoms with Gasteiger partial charge in [-0.2, -0.15) is 0 Å². The van der Waals surface area contributed by atoms with E-state index in [1.807, 2.05) is 31.3 Å². The average Bonchev–Trinajstić information content (AvgIpc) is 2.98. The fourth-order valence-corrected chi connectivity index (χ4v) is 2.29. The number of hydrogen-bond donors (Lipinski definition) is 3. The number of amides is 1. The minimum Gasteiger partial charge on any atom is -0.367 e. The second-order valence-corrected chi connectivity index (χ2v) is 5.10. The Kier molecular flexibility index (Phi) is 4.20. The Labute approximate surface area is 133 Å². The zero-order valence-corrected chi connectivity index (χ0v) is 12.8. The van der Waals surface area contributed by atoms with Gasteiger partial charge in [-0.05, 0) is 31.3 Å². The van der Waals surface area contributed by atoms with Gasteiger partial charge in [-0.3, -0.25) is 4.79 Å². The maximum atomic E-state index is 11.2. The molecule has 0 saturated carbocycles. The molecule has 7 heteroatoms. The van der Waals surface area contributed by atoms with Gasteiger partial charge in [0.05, 0.1) is 11.9 Å². The van der Waals surface area contributed by atoms with E-state index in [2.05, 4.69) is 20.7 Å². The minimum absolute atomic E-state index is 0.441. The Morgan fingerprint density at radius 3 is 2.65 bits per heavy atom. The lowest BCUT2D eigenvalue weighted by atomic mass is 10.1. The predicted octanol–water partition coefficient (Wildman–Crippen LogP) is 1.13. The number of aromatic nitrogens is 3. The standard InChI is InChI=1S/C16H18N6O/c1-18-8-9-19-14-6-7-15-20-10-13(22(15)21-14)11-2-4-12(5-3-11)16(17)23/h2-7,10,18H,8-9H2,1H3,(H2,17,23)(H,19,21). The molecule has 0 radical (unpaired) electrons. The van der Waals surface area contributed by atoms with Crippen LogP contribution in [0.2, 0.25) is 0 Å². The molecule has 0 fully saturated rings. The highest BCUT2D eigenvalue weighted by molar-refractivity contribution is 5.93. The molecule has 7 nitrogen and oxygen atoms in total. The van der Waals surface area contributed by atoms with Crippen LogP contribution in [0.3, 0.4) is 0 Å². The highest BCUT2D eigenvalue weighted by Gasteiger charge is 2.09. The summed E-state index contributed by atoms with van der Waals surface area (Å²) in [5, 5.41) is 10.9. The molecule has 1 amide bonds. The van der Waals surface area contributed by atoms with Gasteiger partial charge in [0.15, 0.2) is 5.65 Å². The van der Waals surface area contributed by atoms with Crippen LogP contribution in [-0.2, 0) is 0 Å². The van der Waals surface area contributed by atoms with Crippen molar-refractivity contribution < 1.29 is 4.79 Å². The lowest BCUT2D eigenvalue weighted by Gasteiger charge is -2.07. The van der Waals surface area contributed by atoms with Crippen LogP contribution in [0, 0.1) is 0 Å². The van der Waals surface area contributed by atoms with Crippen molar-refractivity contribution in [2.24, 2.45) is 5.73 Å². The lowest BCUT2D eigenvalue weighted by molar-refractivity contribution is 0.100. The van der Waals surface area contributed by atoms with Gasteiger partial charge in [-0.25, -0.2) is 9.50 Å². The second-order valence-electron chi connectivity index (χ2n) is 5.10. The fraction of sp³-hybridized carbons (Fsp3) is 0.188. The fourth-order valence-electron chi connectivity index (χ4n) is 2.29. The van der Waals surface area contributed by atoms with Gasteiger partial charge in [-0.15, -0.1) is 5.10 Å². The molecule has 0 bridgehead atoms. The first-order valence-corrected chi connectivity index (χ1v) is 7.32. The van der Waals surface area contributed by atoms with Crippen molar-refractivity contribution in [3.8, 4) is 11.3 Å². The number of nitrogens with two attached hydrogens (primary N) is 1. The van der Waals surface area contributed by atoms with Crippen LogP contribution < -0.4 is 16.4 Å². The molecule has 2 aromatic heterocycles. The number of rotatable bonds is 6. The molecule has 1 aromatic carbocycles. The molecule has 3 aromatic rings. The van der Waals surface area contributed by atoms with E-state index < -0.39 is 5.91 Å². The zero-order valence-electron chi connectivity index (χ0n) is 12.8. The van der Waals surface area contributed by atoms with Crippen molar-refractivity contribution in [1.29, 1.82) is 0 Å². The number of primary amides is 1. The number of carbonyl (C=O) groups is 1. The normalized spacial score (nSPS) is 10.8. The summed E-state index contributed by atoms with van der Waals surface area (Å²) in [5.41, 5.74) is 8.28. The molecule has 0 spiro atoms. The van der Waals surface area contributed by atoms with Crippen molar-refractivity contribution in [2.45, 2.75) is 0 Å². The number of nitrogens with one attached hydrogen (secondary N) is 2. The summed E-state index contributed by atoms with van der Waals surface area (Å²) in [4.78, 5) is 15.5. The van der Waals surface area contributed by atoms with Crippen LogP contribution in [0.1, 0.15) is 10.4 Å². The summed E-state index contributed by atoms with van der Waals surface area (Å²) in [7, 11) is 1.90. The van der Waals surface area contributed by atoms with E-state index in [1.54, 1.807) is 22.8 Å². The van der Waals surface area contributed by atoms with Gasteiger partial charge in [0.1, 0.15) is 5.82 Å². The summed E-state index contributed by atoms with van der Waals surface area (Å²) in [6.45, 7) is 1.64. The van der Waals surface area contributed by atoms with E-state index in [9.17, 15) is 4.79 Å². The van der Waals surface area contributed by atoms with Crippen molar-refractivity contribution in [3.63, 3.8) is 0 Å². The number of hydrogen-bond acceptors (Lipinski definition) is 5. The monoisotopic (exact) mass is 310 g/mol. The van der Waals surface area contributed by atoms with Crippen LogP contribution in [0.15, 0.2) is 42.6 Å². The minimum atomic E-state index is -0.441. The van der Waals surface area contributed by atoms with E-state index in [4.69, 9.17) is 5.73 Å². The van der Waals surface area contributed by atoms with Crippen LogP contribution in [-0.4, -0.2) is 40.6 Å². The smallest absolute Gasteiger partial charge is 0.248 e. The Bertz CT molecular complexity index is 824. The van der Waals surface area contributed by atoms with Crippen molar-refractivity contribution >= 4 is 17.4 Å². The Morgan fingerprint density at radius 2 is 1.96 bits per heavy atom. The molecule has 0 aliphatic heterocycles. The van der Waals surface area contributed by atoms with Crippen molar-refractivity contribution in [3.05, 3.63) is 48.2 Å². The summed E-state index contributed by atoms with van der Waals surface area (Å²) in [6, 6.07) is 10.9. The number of nitrogens with zero attached hydrogens (tertiary/aromatic N) is 3. The van der Waals surface area contributed by atoms with E-state index in [0.29, 0.717) is 5.56 Å². The third-order valence-electron chi connectivity index (χ3n) is 3.51. The molecule has 0 unspecified atom stereocenters. The molecule has 0 atom stereocenters. The number of fused-ring (bicyclic) bond motifs is 1. The molecule has 0 aliphatic carbocycles. The zero-order chi connectivity index (χ0) is 16.2. The highest BCUT2D eigenvalue weighted by Crippen LogP contribution is 2.21. The Hall–Kier alpha value is -2.93. The predicted molar refractivity (Wildman–Crippen MR) is 89.4 cm³/mol. The summed E-state index contributed by atoms with van der Waals surface area (Å²) >= 11 is 0. The largest absolute Gasteiger partial charge is 0.367 e. The summed E-state index contributed by atoms with van der Waals surface area (Å²) < 4.78 is 1.78. The van der Waals surface area contributed by atoms with E-state index in [1.165, 1.54) is 0 Å². The van der Waals surface area contributed by atoms with Crippen molar-refractivity contribution in [2.75, 3.05) is 25.5 Å². The maximum Gasteiger partial charge on any atom is 0.248 e. The Morgan fingerprint density at radius 1 is 1.17 bits per heavy atom. The number of carbonyl (C=O) groups excluding carboxylic acids is 1. The first-order valence-electron chi connectivity index (χ1n) is 7.32. The molecule has 2 heterocycles. The molecule has 4 N–H and O–H groups in total.